The number of halogens is 1. The Bertz CT molecular complexity index is 785. The second kappa shape index (κ2) is 6.19. The molecule has 0 aromatic heterocycles. The Morgan fingerprint density at radius 2 is 1.73 bits per heavy atom. The van der Waals surface area contributed by atoms with Crippen molar-refractivity contribution < 1.29 is 14.4 Å². The molecule has 0 aliphatic heterocycles. The summed E-state index contributed by atoms with van der Waals surface area (Å²) < 4.78 is 0.895. The number of hydrogen-bond acceptors (Lipinski definition) is 4. The SMILES string of the molecule is CN(C)C(=O)C12CCC(C)(C(=NOC(=O)c3ccc(Br)cc3)C1)C2(C)C. The van der Waals surface area contributed by atoms with E-state index < -0.39 is 11.4 Å². The number of hydrogen-bond donors (Lipinski definition) is 0. The Kier molecular flexibility index (Phi) is 4.54. The molecular weight excluding hydrogens is 396 g/mol. The van der Waals surface area contributed by atoms with Crippen molar-refractivity contribution in [1.29, 1.82) is 0 Å². The van der Waals surface area contributed by atoms with Crippen LogP contribution in [0.4, 0.5) is 0 Å². The van der Waals surface area contributed by atoms with Crippen molar-refractivity contribution in [3.8, 4) is 0 Å². The Hall–Kier alpha value is -1.69. The van der Waals surface area contributed by atoms with Gasteiger partial charge in [0.2, 0.25) is 5.91 Å². The number of oxime groups is 1. The molecule has 0 N–H and O–H groups in total. The maximum absolute atomic E-state index is 13.0. The van der Waals surface area contributed by atoms with Gasteiger partial charge in [-0.25, -0.2) is 4.79 Å². The van der Waals surface area contributed by atoms with Gasteiger partial charge in [0, 0.05) is 30.4 Å². The zero-order chi connectivity index (χ0) is 19.3. The van der Waals surface area contributed by atoms with Crippen LogP contribution in [-0.2, 0) is 9.63 Å². The maximum atomic E-state index is 13.0. The maximum Gasteiger partial charge on any atom is 0.365 e. The first-order valence-corrected chi connectivity index (χ1v) is 9.60. The molecule has 0 spiro atoms. The van der Waals surface area contributed by atoms with Crippen LogP contribution in [0.25, 0.3) is 0 Å². The Balaban J connectivity index is 1.88. The van der Waals surface area contributed by atoms with E-state index in [4.69, 9.17) is 4.84 Å². The summed E-state index contributed by atoms with van der Waals surface area (Å²) in [5.74, 6) is -0.349. The summed E-state index contributed by atoms with van der Waals surface area (Å²) in [7, 11) is 3.59. The fourth-order valence-corrected chi connectivity index (χ4v) is 4.92. The van der Waals surface area contributed by atoms with E-state index in [9.17, 15) is 9.59 Å². The van der Waals surface area contributed by atoms with Gasteiger partial charge in [0.1, 0.15) is 0 Å². The number of rotatable bonds is 3. The third-order valence-corrected chi connectivity index (χ3v) is 7.40. The van der Waals surface area contributed by atoms with E-state index in [2.05, 4.69) is 41.9 Å². The van der Waals surface area contributed by atoms with Crippen molar-refractivity contribution in [3.05, 3.63) is 34.3 Å². The molecule has 1 amide bonds. The highest BCUT2D eigenvalue weighted by Crippen LogP contribution is 2.71. The molecule has 6 heteroatoms. The quantitative estimate of drug-likeness (QED) is 0.541. The molecule has 1 aromatic carbocycles. The molecule has 2 aliphatic carbocycles. The van der Waals surface area contributed by atoms with Crippen LogP contribution in [0.15, 0.2) is 33.9 Å². The molecule has 26 heavy (non-hydrogen) atoms. The molecule has 140 valence electrons. The van der Waals surface area contributed by atoms with E-state index in [1.165, 1.54) is 0 Å². The summed E-state index contributed by atoms with van der Waals surface area (Å²) in [6.07, 6.45) is 2.25. The first kappa shape index (κ1) is 19.1. The fraction of sp³-hybridized carbons (Fsp3) is 0.550. The average Bonchev–Trinajstić information content (AvgIpc) is 2.89. The third kappa shape index (κ3) is 2.53. The standard InChI is InChI=1S/C20H25BrN2O3/c1-18(2)19(3)10-11-20(18,17(25)23(4)5)12-15(19)22-26-16(24)13-6-8-14(21)9-7-13/h6-9H,10-12H2,1-5H3. The molecule has 0 radical (unpaired) electrons. The second-order valence-electron chi connectivity index (χ2n) is 8.34. The number of benzene rings is 1. The van der Waals surface area contributed by atoms with Gasteiger partial charge in [0.15, 0.2) is 0 Å². The number of nitrogens with zero attached hydrogens (tertiary/aromatic N) is 2. The van der Waals surface area contributed by atoms with Gasteiger partial charge in [0.05, 0.1) is 16.7 Å². The summed E-state index contributed by atoms with van der Waals surface area (Å²) in [6.45, 7) is 6.41. The molecule has 2 unspecified atom stereocenters. The number of fused-ring (bicyclic) bond motifs is 2. The van der Waals surface area contributed by atoms with Crippen LogP contribution in [0.2, 0.25) is 0 Å². The number of carbonyl (C=O) groups excluding carboxylic acids is 2. The van der Waals surface area contributed by atoms with Gasteiger partial charge in [-0.15, -0.1) is 0 Å². The normalized spacial score (nSPS) is 30.5. The van der Waals surface area contributed by atoms with Crippen LogP contribution >= 0.6 is 15.9 Å². The van der Waals surface area contributed by atoms with Crippen molar-refractivity contribution in [2.45, 2.75) is 40.0 Å². The van der Waals surface area contributed by atoms with Crippen LogP contribution in [0, 0.1) is 16.2 Å². The molecule has 2 saturated carbocycles. The number of amides is 1. The molecule has 5 nitrogen and oxygen atoms in total. The topological polar surface area (TPSA) is 59.0 Å². The van der Waals surface area contributed by atoms with Gasteiger partial charge >= 0.3 is 5.97 Å². The third-order valence-electron chi connectivity index (χ3n) is 6.87. The van der Waals surface area contributed by atoms with Crippen LogP contribution in [0.1, 0.15) is 50.4 Å². The molecule has 2 atom stereocenters. The first-order chi connectivity index (χ1) is 12.0. The lowest BCUT2D eigenvalue weighted by molar-refractivity contribution is -0.144. The zero-order valence-electron chi connectivity index (χ0n) is 15.9. The molecular formula is C20H25BrN2O3. The zero-order valence-corrected chi connectivity index (χ0v) is 17.5. The van der Waals surface area contributed by atoms with Crippen LogP contribution in [0.5, 0.6) is 0 Å². The predicted octanol–water partition coefficient (Wildman–Crippen LogP) is 4.27. The molecule has 2 aliphatic rings. The summed E-state index contributed by atoms with van der Waals surface area (Å²) in [5, 5.41) is 4.24. The van der Waals surface area contributed by atoms with Crippen molar-refractivity contribution >= 4 is 33.5 Å². The highest BCUT2D eigenvalue weighted by atomic mass is 79.9. The van der Waals surface area contributed by atoms with E-state index in [-0.39, 0.29) is 16.7 Å². The lowest BCUT2D eigenvalue weighted by Crippen LogP contribution is -2.46. The van der Waals surface area contributed by atoms with Crippen molar-refractivity contribution in [2.75, 3.05) is 14.1 Å². The molecule has 1 aromatic rings. The van der Waals surface area contributed by atoms with Gasteiger partial charge in [-0.1, -0.05) is 41.9 Å². The summed E-state index contributed by atoms with van der Waals surface area (Å²) >= 11 is 3.34. The van der Waals surface area contributed by atoms with E-state index >= 15 is 0 Å². The summed E-state index contributed by atoms with van der Waals surface area (Å²) in [5.41, 5.74) is 0.287. The van der Waals surface area contributed by atoms with Crippen LogP contribution < -0.4 is 0 Å². The van der Waals surface area contributed by atoms with E-state index in [1.807, 2.05) is 0 Å². The number of carbonyl (C=O) groups is 2. The summed E-state index contributed by atoms with van der Waals surface area (Å²) in [4.78, 5) is 32.2. The minimum Gasteiger partial charge on any atom is -0.348 e. The molecule has 0 saturated heterocycles. The van der Waals surface area contributed by atoms with Crippen molar-refractivity contribution in [2.24, 2.45) is 21.4 Å². The smallest absolute Gasteiger partial charge is 0.348 e. The first-order valence-electron chi connectivity index (χ1n) is 8.81. The lowest BCUT2D eigenvalue weighted by Gasteiger charge is -2.40. The minimum atomic E-state index is -0.484. The highest BCUT2D eigenvalue weighted by molar-refractivity contribution is 9.10. The Morgan fingerprint density at radius 1 is 1.12 bits per heavy atom. The van der Waals surface area contributed by atoms with Gasteiger partial charge < -0.3 is 9.74 Å². The van der Waals surface area contributed by atoms with Crippen LogP contribution in [-0.4, -0.2) is 36.6 Å². The Morgan fingerprint density at radius 3 is 2.31 bits per heavy atom. The van der Waals surface area contributed by atoms with E-state index in [0.717, 1.165) is 23.0 Å². The second-order valence-corrected chi connectivity index (χ2v) is 9.25. The Labute approximate surface area is 162 Å². The highest BCUT2D eigenvalue weighted by Gasteiger charge is 2.72. The lowest BCUT2D eigenvalue weighted by atomic mass is 9.64. The molecule has 0 heterocycles. The van der Waals surface area contributed by atoms with Gasteiger partial charge in [-0.3, -0.25) is 4.79 Å². The minimum absolute atomic E-state index is 0.135. The van der Waals surface area contributed by atoms with Gasteiger partial charge in [-0.2, -0.15) is 0 Å². The largest absolute Gasteiger partial charge is 0.365 e. The molecule has 2 fully saturated rings. The van der Waals surface area contributed by atoms with Crippen LogP contribution in [0.3, 0.4) is 0 Å². The average molecular weight is 421 g/mol. The van der Waals surface area contributed by atoms with E-state index in [0.29, 0.717) is 12.0 Å². The fourth-order valence-electron chi connectivity index (χ4n) is 4.66. The predicted molar refractivity (Wildman–Crippen MR) is 104 cm³/mol. The van der Waals surface area contributed by atoms with Crippen molar-refractivity contribution in [3.63, 3.8) is 0 Å². The van der Waals surface area contributed by atoms with Gasteiger partial charge in [0.25, 0.3) is 0 Å². The van der Waals surface area contributed by atoms with Gasteiger partial charge in [-0.05, 0) is 42.5 Å². The monoisotopic (exact) mass is 420 g/mol. The molecule has 3 rings (SSSR count). The van der Waals surface area contributed by atoms with Crippen molar-refractivity contribution in [1.82, 2.24) is 4.90 Å². The van der Waals surface area contributed by atoms with E-state index in [1.54, 1.807) is 43.3 Å². The molecule has 2 bridgehead atoms. The summed E-state index contributed by atoms with van der Waals surface area (Å²) in [6, 6.07) is 6.96.